The van der Waals surface area contributed by atoms with Crippen molar-refractivity contribution in [1.82, 2.24) is 5.32 Å². The van der Waals surface area contributed by atoms with Crippen molar-refractivity contribution in [3.05, 3.63) is 40.6 Å². The Balaban J connectivity index is 1.96. The fraction of sp³-hybridized carbons (Fsp3) is 0.312. The van der Waals surface area contributed by atoms with Crippen molar-refractivity contribution < 1.29 is 22.2 Å². The Labute approximate surface area is 149 Å². The molecular weight excluding hydrogens is 373 g/mol. The molecule has 0 aliphatic carbocycles. The summed E-state index contributed by atoms with van der Waals surface area (Å²) in [6.07, 6.45) is -2.22. The quantitative estimate of drug-likeness (QED) is 0.558. The number of hydrogen-bond acceptors (Lipinski definition) is 4. The van der Waals surface area contributed by atoms with E-state index in [1.165, 1.54) is 28.8 Å². The fourth-order valence-electron chi connectivity index (χ4n) is 2.08. The van der Waals surface area contributed by atoms with Crippen molar-refractivity contribution in [2.75, 3.05) is 23.9 Å². The van der Waals surface area contributed by atoms with Crippen LogP contribution in [0.4, 0.5) is 18.9 Å². The molecule has 1 aromatic heterocycles. The lowest BCUT2D eigenvalue weighted by molar-refractivity contribution is -0.0999. The van der Waals surface area contributed by atoms with Crippen LogP contribution in [0.25, 0.3) is 11.1 Å². The molecule has 0 saturated carbocycles. The molecule has 0 fully saturated rings. The van der Waals surface area contributed by atoms with Crippen LogP contribution in [0.5, 0.6) is 0 Å². The number of alkyl halides is 3. The number of thiophene rings is 1. The summed E-state index contributed by atoms with van der Waals surface area (Å²) in [5.74, 6) is 0.322. The van der Waals surface area contributed by atoms with Crippen molar-refractivity contribution in [1.29, 1.82) is 0 Å². The third-order valence-electron chi connectivity index (χ3n) is 3.22. The minimum Gasteiger partial charge on any atom is -0.351 e. The van der Waals surface area contributed by atoms with Crippen LogP contribution in [0.15, 0.2) is 35.7 Å². The average molecular weight is 390 g/mol. The molecule has 0 saturated heterocycles. The second-order valence-electron chi connectivity index (χ2n) is 5.29. The van der Waals surface area contributed by atoms with E-state index in [1.54, 1.807) is 29.8 Å². The van der Waals surface area contributed by atoms with Crippen molar-refractivity contribution in [2.24, 2.45) is 0 Å². The largest absolute Gasteiger partial charge is 0.482 e. The van der Waals surface area contributed by atoms with Crippen LogP contribution in [0.2, 0.25) is 0 Å². The molecule has 25 heavy (non-hydrogen) atoms. The van der Waals surface area contributed by atoms with Gasteiger partial charge in [0.05, 0.1) is 4.88 Å². The topological polar surface area (TPSA) is 58.2 Å². The molecule has 136 valence electrons. The Kier molecular flexibility index (Phi) is 6.60. The van der Waals surface area contributed by atoms with Crippen LogP contribution in [0, 0.1) is 0 Å². The van der Waals surface area contributed by atoms with Gasteiger partial charge in [0.15, 0.2) is 0 Å². The third kappa shape index (κ3) is 6.50. The normalized spacial score (nSPS) is 12.6. The van der Waals surface area contributed by atoms with Gasteiger partial charge >= 0.3 is 6.30 Å². The Hall–Kier alpha value is -1.87. The minimum absolute atomic E-state index is 0.0437. The first-order valence-corrected chi connectivity index (χ1v) is 9.97. The van der Waals surface area contributed by atoms with Gasteiger partial charge in [0.1, 0.15) is 0 Å². The zero-order chi connectivity index (χ0) is 18.4. The maximum absolute atomic E-state index is 12.3. The summed E-state index contributed by atoms with van der Waals surface area (Å²) in [6.45, 7) is 0.448. The van der Waals surface area contributed by atoms with Gasteiger partial charge in [-0.25, -0.2) is 0 Å². The summed E-state index contributed by atoms with van der Waals surface area (Å²) in [6, 6.07) is 7.50. The van der Waals surface area contributed by atoms with Gasteiger partial charge in [-0.2, -0.15) is 13.2 Å². The van der Waals surface area contributed by atoms with Crippen molar-refractivity contribution in [3.63, 3.8) is 0 Å². The first-order valence-electron chi connectivity index (χ1n) is 7.37. The number of rotatable bonds is 7. The van der Waals surface area contributed by atoms with E-state index >= 15 is 0 Å². The van der Waals surface area contributed by atoms with Gasteiger partial charge < -0.3 is 5.32 Å². The van der Waals surface area contributed by atoms with E-state index in [0.29, 0.717) is 23.6 Å². The summed E-state index contributed by atoms with van der Waals surface area (Å²) >= 11 is 1.26. The van der Waals surface area contributed by atoms with Gasteiger partial charge in [-0.3, -0.25) is 14.3 Å². The van der Waals surface area contributed by atoms with Gasteiger partial charge in [-0.15, -0.1) is 11.3 Å². The molecule has 0 radical (unpaired) electrons. The van der Waals surface area contributed by atoms with E-state index in [2.05, 4.69) is 5.32 Å². The number of benzene rings is 1. The van der Waals surface area contributed by atoms with Gasteiger partial charge in [-0.05, 0) is 41.1 Å². The van der Waals surface area contributed by atoms with Crippen LogP contribution >= 0.6 is 11.3 Å². The number of amides is 1. The van der Waals surface area contributed by atoms with Crippen LogP contribution in [-0.4, -0.2) is 35.0 Å². The van der Waals surface area contributed by atoms with Gasteiger partial charge in [0, 0.05) is 35.0 Å². The smallest absolute Gasteiger partial charge is 0.351 e. The van der Waals surface area contributed by atoms with E-state index in [-0.39, 0.29) is 11.6 Å². The Bertz CT molecular complexity index is 743. The maximum Gasteiger partial charge on any atom is 0.482 e. The molecule has 2 N–H and O–H groups in total. The fourth-order valence-corrected chi connectivity index (χ4v) is 3.46. The van der Waals surface area contributed by atoms with Crippen molar-refractivity contribution in [2.45, 2.75) is 12.7 Å². The molecular formula is C16H17F3N2O2S2. The highest BCUT2D eigenvalue weighted by molar-refractivity contribution is 7.84. The van der Waals surface area contributed by atoms with E-state index < -0.39 is 17.1 Å². The summed E-state index contributed by atoms with van der Waals surface area (Å²) in [5.41, 5.74) is 1.45. The second-order valence-corrected chi connectivity index (χ2v) is 7.75. The molecule has 1 aromatic carbocycles. The minimum atomic E-state index is -4.47. The summed E-state index contributed by atoms with van der Waals surface area (Å²) < 4.78 is 47.7. The molecule has 1 heterocycles. The number of carbonyl (C=O) groups excluding carboxylic acids is 1. The number of hydrogen-bond donors (Lipinski definition) is 2. The Morgan fingerprint density at radius 2 is 1.88 bits per heavy atom. The number of nitrogens with one attached hydrogen (secondary N) is 2. The molecule has 9 heteroatoms. The summed E-state index contributed by atoms with van der Waals surface area (Å²) in [5, 5.41) is 5.97. The van der Waals surface area contributed by atoms with Crippen LogP contribution < -0.4 is 10.6 Å². The highest BCUT2D eigenvalue weighted by Gasteiger charge is 2.26. The molecule has 4 nitrogen and oxygen atoms in total. The third-order valence-corrected chi connectivity index (χ3v) is 5.01. The first kappa shape index (κ1) is 19.5. The lowest BCUT2D eigenvalue weighted by atomic mass is 10.1. The Morgan fingerprint density at radius 1 is 1.20 bits per heavy atom. The van der Waals surface area contributed by atoms with E-state index in [1.807, 2.05) is 0 Å². The van der Waals surface area contributed by atoms with Gasteiger partial charge in [-0.1, -0.05) is 12.1 Å². The molecule has 0 bridgehead atoms. The highest BCUT2D eigenvalue weighted by Crippen LogP contribution is 2.28. The number of anilines is 1. The van der Waals surface area contributed by atoms with Crippen LogP contribution in [0.1, 0.15) is 16.1 Å². The highest BCUT2D eigenvalue weighted by atomic mass is 32.2. The predicted octanol–water partition coefficient (Wildman–Crippen LogP) is 3.85. The monoisotopic (exact) mass is 390 g/mol. The van der Waals surface area contributed by atoms with Gasteiger partial charge in [0.25, 0.3) is 5.91 Å². The molecule has 0 aliphatic heterocycles. The van der Waals surface area contributed by atoms with Crippen LogP contribution in [-0.2, 0) is 10.8 Å². The number of carbonyl (C=O) groups is 1. The van der Waals surface area contributed by atoms with E-state index in [9.17, 15) is 22.2 Å². The van der Waals surface area contributed by atoms with Crippen molar-refractivity contribution >= 4 is 33.7 Å². The standard InChI is InChI=1S/C16H17F3N2O2S2/c1-25(23)8-2-7-20-15(22)14-9-12(10-24-14)11-3-5-13(6-4-11)21-16(17,18)19/h3-6,9-10,21H,2,7-8H2,1H3,(H,20,22). The molecule has 1 unspecified atom stereocenters. The van der Waals surface area contributed by atoms with Crippen molar-refractivity contribution in [3.8, 4) is 11.1 Å². The summed E-state index contributed by atoms with van der Waals surface area (Å²) in [4.78, 5) is 12.6. The van der Waals surface area contributed by atoms with Gasteiger partial charge in [0.2, 0.25) is 0 Å². The second kappa shape index (κ2) is 8.48. The molecule has 1 amide bonds. The summed E-state index contributed by atoms with van der Waals surface area (Å²) in [7, 11) is -0.878. The first-order chi connectivity index (χ1) is 11.7. The maximum atomic E-state index is 12.3. The average Bonchev–Trinajstić information content (AvgIpc) is 3.00. The molecule has 1 atom stereocenters. The SMILES string of the molecule is CS(=O)CCCNC(=O)c1cc(-c2ccc(NC(F)(F)F)cc2)cs1. The Morgan fingerprint density at radius 3 is 2.48 bits per heavy atom. The lowest BCUT2D eigenvalue weighted by Gasteiger charge is -2.09. The van der Waals surface area contributed by atoms with Crippen LogP contribution in [0.3, 0.4) is 0 Å². The zero-order valence-corrected chi connectivity index (χ0v) is 15.0. The lowest BCUT2D eigenvalue weighted by Crippen LogP contribution is -2.24. The number of halogens is 3. The molecule has 0 spiro atoms. The van der Waals surface area contributed by atoms with E-state index in [0.717, 1.165) is 11.1 Å². The molecule has 2 aromatic rings. The molecule has 0 aliphatic rings. The zero-order valence-electron chi connectivity index (χ0n) is 13.4. The molecule has 2 rings (SSSR count). The van der Waals surface area contributed by atoms with E-state index in [4.69, 9.17) is 0 Å². The predicted molar refractivity (Wildman–Crippen MR) is 95.3 cm³/mol.